The van der Waals surface area contributed by atoms with Crippen molar-refractivity contribution >= 4 is 17.6 Å². The van der Waals surface area contributed by atoms with Crippen LogP contribution in [0.3, 0.4) is 0 Å². The molecule has 2 fully saturated rings. The lowest BCUT2D eigenvalue weighted by Gasteiger charge is -2.33. The first-order valence-corrected chi connectivity index (χ1v) is 6.07. The van der Waals surface area contributed by atoms with Crippen molar-refractivity contribution in [2.45, 2.75) is 25.3 Å². The second kappa shape index (κ2) is 4.08. The summed E-state index contributed by atoms with van der Waals surface area (Å²) < 4.78 is 12.9. The van der Waals surface area contributed by atoms with Crippen LogP contribution in [0.1, 0.15) is 19.3 Å². The lowest BCUT2D eigenvalue weighted by molar-refractivity contribution is -0.122. The first kappa shape index (κ1) is 11.2. The highest BCUT2D eigenvalue weighted by Crippen LogP contribution is 2.32. The van der Waals surface area contributed by atoms with Crippen LogP contribution < -0.4 is 10.2 Å². The summed E-state index contributed by atoms with van der Waals surface area (Å²) in [5, 5.41) is 2.84. The van der Waals surface area contributed by atoms with E-state index >= 15 is 0 Å². The zero-order chi connectivity index (χ0) is 12.7. The Balaban J connectivity index is 1.93. The van der Waals surface area contributed by atoms with E-state index < -0.39 is 6.03 Å². The highest BCUT2D eigenvalue weighted by atomic mass is 19.1. The van der Waals surface area contributed by atoms with Gasteiger partial charge in [-0.05, 0) is 37.1 Å². The van der Waals surface area contributed by atoms with Crippen LogP contribution >= 0.6 is 0 Å². The summed E-state index contributed by atoms with van der Waals surface area (Å²) in [6.45, 7) is 0. The fourth-order valence-corrected chi connectivity index (χ4v) is 2.75. The molecule has 2 atom stereocenters. The van der Waals surface area contributed by atoms with Crippen molar-refractivity contribution in [1.29, 1.82) is 0 Å². The highest BCUT2D eigenvalue weighted by molar-refractivity contribution is 6.17. The summed E-state index contributed by atoms with van der Waals surface area (Å²) in [7, 11) is 0. The van der Waals surface area contributed by atoms with Crippen molar-refractivity contribution in [1.82, 2.24) is 5.32 Å². The van der Waals surface area contributed by atoms with E-state index in [-0.39, 0.29) is 23.7 Å². The van der Waals surface area contributed by atoms with Crippen LogP contribution in [0, 0.1) is 11.7 Å². The van der Waals surface area contributed by atoms with Gasteiger partial charge in [-0.2, -0.15) is 0 Å². The number of carbonyl (C=O) groups excluding carboxylic acids is 2. The quantitative estimate of drug-likeness (QED) is 0.827. The molecule has 2 aliphatic rings. The molecule has 1 N–H and O–H groups in total. The minimum Gasteiger partial charge on any atom is -0.334 e. The van der Waals surface area contributed by atoms with Crippen LogP contribution in [0.25, 0.3) is 0 Å². The summed E-state index contributed by atoms with van der Waals surface area (Å²) in [6, 6.07) is 4.95. The molecule has 18 heavy (non-hydrogen) atoms. The molecule has 4 nitrogen and oxygen atoms in total. The fourth-order valence-electron chi connectivity index (χ4n) is 2.75. The van der Waals surface area contributed by atoms with E-state index in [1.54, 1.807) is 0 Å². The molecule has 5 heteroatoms. The molecule has 1 aromatic carbocycles. The van der Waals surface area contributed by atoms with Crippen LogP contribution in [0.4, 0.5) is 14.9 Å². The molecule has 0 bridgehead atoms. The number of hydrogen-bond acceptors (Lipinski definition) is 2. The van der Waals surface area contributed by atoms with Gasteiger partial charge in [-0.25, -0.2) is 14.1 Å². The number of imide groups is 1. The number of anilines is 1. The van der Waals surface area contributed by atoms with Crippen LogP contribution in [-0.4, -0.2) is 18.0 Å². The van der Waals surface area contributed by atoms with Crippen LogP contribution in [0.15, 0.2) is 24.3 Å². The summed E-state index contributed by atoms with van der Waals surface area (Å²) in [5.41, 5.74) is 0.421. The molecule has 0 radical (unpaired) electrons. The molecule has 1 saturated carbocycles. The SMILES string of the molecule is O=C1NC2CCCC2C(=O)N1c1ccc(F)cc1. The smallest absolute Gasteiger partial charge is 0.328 e. The average molecular weight is 248 g/mol. The molecular weight excluding hydrogens is 235 g/mol. The summed E-state index contributed by atoms with van der Waals surface area (Å²) in [5.74, 6) is -0.692. The minimum atomic E-state index is -0.408. The zero-order valence-corrected chi connectivity index (χ0v) is 9.73. The Bertz CT molecular complexity index is 500. The molecule has 1 aliphatic carbocycles. The molecule has 1 aliphatic heterocycles. The number of nitrogens with zero attached hydrogens (tertiary/aromatic N) is 1. The predicted molar refractivity (Wildman–Crippen MR) is 63.5 cm³/mol. The lowest BCUT2D eigenvalue weighted by atomic mass is 9.99. The topological polar surface area (TPSA) is 49.4 Å². The van der Waals surface area contributed by atoms with Gasteiger partial charge in [-0.15, -0.1) is 0 Å². The van der Waals surface area contributed by atoms with Crippen LogP contribution in [0.2, 0.25) is 0 Å². The van der Waals surface area contributed by atoms with Crippen molar-refractivity contribution in [3.05, 3.63) is 30.1 Å². The van der Waals surface area contributed by atoms with Gasteiger partial charge >= 0.3 is 6.03 Å². The van der Waals surface area contributed by atoms with E-state index in [9.17, 15) is 14.0 Å². The number of halogens is 1. The Kier molecular flexibility index (Phi) is 2.54. The first-order valence-electron chi connectivity index (χ1n) is 6.07. The van der Waals surface area contributed by atoms with Crippen molar-refractivity contribution in [3.8, 4) is 0 Å². The van der Waals surface area contributed by atoms with Crippen LogP contribution in [0.5, 0.6) is 0 Å². The highest BCUT2D eigenvalue weighted by Gasteiger charge is 2.43. The third-order valence-electron chi connectivity index (χ3n) is 3.65. The molecule has 0 aromatic heterocycles. The van der Waals surface area contributed by atoms with Gasteiger partial charge in [0.15, 0.2) is 0 Å². The molecule has 0 spiro atoms. The third-order valence-corrected chi connectivity index (χ3v) is 3.65. The summed E-state index contributed by atoms with van der Waals surface area (Å²) >= 11 is 0. The standard InChI is InChI=1S/C13H13FN2O2/c14-8-4-6-9(7-5-8)16-12(17)10-2-1-3-11(10)15-13(16)18/h4-7,10-11H,1-3H2,(H,15,18). The van der Waals surface area contributed by atoms with Gasteiger partial charge in [0.25, 0.3) is 0 Å². The number of hydrogen-bond donors (Lipinski definition) is 1. The zero-order valence-electron chi connectivity index (χ0n) is 9.73. The van der Waals surface area contributed by atoms with Gasteiger partial charge in [0.2, 0.25) is 5.91 Å². The Morgan fingerprint density at radius 3 is 2.61 bits per heavy atom. The maximum absolute atomic E-state index is 12.9. The number of amides is 3. The van der Waals surface area contributed by atoms with Crippen molar-refractivity contribution in [2.75, 3.05) is 4.90 Å². The van der Waals surface area contributed by atoms with E-state index in [0.717, 1.165) is 24.2 Å². The normalized spacial score (nSPS) is 27.1. The Labute approximate surface area is 104 Å². The molecule has 94 valence electrons. The third kappa shape index (κ3) is 1.66. The Hall–Kier alpha value is -1.91. The molecule has 1 heterocycles. The number of urea groups is 1. The number of fused-ring (bicyclic) bond motifs is 1. The second-order valence-electron chi connectivity index (χ2n) is 4.74. The van der Waals surface area contributed by atoms with Gasteiger partial charge in [0.05, 0.1) is 11.6 Å². The Morgan fingerprint density at radius 1 is 1.17 bits per heavy atom. The van der Waals surface area contributed by atoms with Crippen molar-refractivity contribution in [2.24, 2.45) is 5.92 Å². The molecular formula is C13H13FN2O2. The molecule has 3 amide bonds. The van der Waals surface area contributed by atoms with Crippen LogP contribution in [-0.2, 0) is 4.79 Å². The van der Waals surface area contributed by atoms with Gasteiger partial charge in [0, 0.05) is 6.04 Å². The van der Waals surface area contributed by atoms with E-state index in [1.807, 2.05) is 0 Å². The van der Waals surface area contributed by atoms with Crippen molar-refractivity contribution in [3.63, 3.8) is 0 Å². The molecule has 3 rings (SSSR count). The van der Waals surface area contributed by atoms with Gasteiger partial charge in [-0.3, -0.25) is 4.79 Å². The van der Waals surface area contributed by atoms with E-state index in [0.29, 0.717) is 5.69 Å². The first-order chi connectivity index (χ1) is 8.66. The minimum absolute atomic E-state index is 0.0262. The fraction of sp³-hybridized carbons (Fsp3) is 0.385. The van der Waals surface area contributed by atoms with Gasteiger partial charge in [0.1, 0.15) is 5.82 Å². The molecule has 1 saturated heterocycles. The number of benzene rings is 1. The van der Waals surface area contributed by atoms with E-state index in [4.69, 9.17) is 0 Å². The molecule has 2 unspecified atom stereocenters. The van der Waals surface area contributed by atoms with E-state index in [1.165, 1.54) is 24.3 Å². The number of carbonyl (C=O) groups is 2. The second-order valence-corrected chi connectivity index (χ2v) is 4.74. The van der Waals surface area contributed by atoms with Gasteiger partial charge in [-0.1, -0.05) is 6.42 Å². The van der Waals surface area contributed by atoms with Crippen molar-refractivity contribution < 1.29 is 14.0 Å². The maximum Gasteiger partial charge on any atom is 0.328 e. The number of rotatable bonds is 1. The Morgan fingerprint density at radius 2 is 1.89 bits per heavy atom. The maximum atomic E-state index is 12.9. The summed E-state index contributed by atoms with van der Waals surface area (Å²) in [4.78, 5) is 25.3. The number of nitrogens with one attached hydrogen (secondary N) is 1. The average Bonchev–Trinajstić information content (AvgIpc) is 2.80. The monoisotopic (exact) mass is 248 g/mol. The molecule has 1 aromatic rings. The van der Waals surface area contributed by atoms with E-state index in [2.05, 4.69) is 5.32 Å². The van der Waals surface area contributed by atoms with Gasteiger partial charge < -0.3 is 5.32 Å². The predicted octanol–water partition coefficient (Wildman–Crippen LogP) is 2.05. The largest absolute Gasteiger partial charge is 0.334 e. The summed E-state index contributed by atoms with van der Waals surface area (Å²) in [6.07, 6.45) is 2.62. The lowest BCUT2D eigenvalue weighted by Crippen LogP contribution is -2.58.